The molecule has 3 nitrogen and oxygen atoms in total. The molecule has 26 heavy (non-hydrogen) atoms. The summed E-state index contributed by atoms with van der Waals surface area (Å²) in [5.74, 6) is 3.76. The Kier molecular flexibility index (Phi) is 3.94. The van der Waals surface area contributed by atoms with Gasteiger partial charge in [-0.25, -0.2) is 0 Å². The molecule has 1 aliphatic heterocycles. The van der Waals surface area contributed by atoms with E-state index in [0.717, 1.165) is 56.1 Å². The van der Waals surface area contributed by atoms with E-state index >= 15 is 0 Å². The lowest BCUT2D eigenvalue weighted by atomic mass is 9.44. The molecule has 5 aliphatic rings. The summed E-state index contributed by atoms with van der Waals surface area (Å²) in [6.45, 7) is 8.45. The summed E-state index contributed by atoms with van der Waals surface area (Å²) in [5.41, 5.74) is 0.739. The molecule has 0 radical (unpaired) electrons. The molecule has 0 amide bonds. The molecule has 7 atom stereocenters. The first-order chi connectivity index (χ1) is 12.4. The Morgan fingerprint density at radius 1 is 0.846 bits per heavy atom. The molecule has 5 fully saturated rings. The zero-order chi connectivity index (χ0) is 18.2. The molecule has 1 unspecified atom stereocenters. The number of Topliss-reactive ketones (excluding diaryl/α,β-unsaturated/α-hetero) is 1. The van der Waals surface area contributed by atoms with E-state index in [1.165, 1.54) is 38.5 Å². The van der Waals surface area contributed by atoms with Crippen LogP contribution < -0.4 is 0 Å². The van der Waals surface area contributed by atoms with E-state index in [1.54, 1.807) is 0 Å². The van der Waals surface area contributed by atoms with Gasteiger partial charge in [0.05, 0.1) is 13.2 Å². The predicted molar refractivity (Wildman–Crippen MR) is 101 cm³/mol. The minimum Gasteiger partial charge on any atom is -0.348 e. The van der Waals surface area contributed by atoms with Crippen LogP contribution in [0.1, 0.15) is 78.6 Å². The summed E-state index contributed by atoms with van der Waals surface area (Å²) in [5, 5.41) is 0. The van der Waals surface area contributed by atoms with Crippen LogP contribution in [0.2, 0.25) is 0 Å². The van der Waals surface area contributed by atoms with E-state index in [9.17, 15) is 4.79 Å². The average molecular weight is 361 g/mol. The lowest BCUT2D eigenvalue weighted by molar-refractivity contribution is -0.229. The molecule has 4 saturated carbocycles. The Morgan fingerprint density at radius 3 is 2.31 bits per heavy atom. The maximum atomic E-state index is 12.3. The summed E-state index contributed by atoms with van der Waals surface area (Å²) >= 11 is 0. The minimum atomic E-state index is -0.243. The smallest absolute Gasteiger partial charge is 0.168 e. The number of carbonyl (C=O) groups is 1. The second-order valence-electron chi connectivity index (χ2n) is 10.8. The van der Waals surface area contributed by atoms with Crippen LogP contribution >= 0.6 is 0 Å². The molecule has 0 aromatic carbocycles. The van der Waals surface area contributed by atoms with Crippen LogP contribution in [0, 0.1) is 40.4 Å². The van der Waals surface area contributed by atoms with Gasteiger partial charge < -0.3 is 9.47 Å². The van der Waals surface area contributed by atoms with Crippen molar-refractivity contribution in [3.05, 3.63) is 0 Å². The van der Waals surface area contributed by atoms with E-state index in [4.69, 9.17) is 9.47 Å². The molecule has 3 heteroatoms. The molecule has 1 saturated heterocycles. The lowest BCUT2D eigenvalue weighted by Gasteiger charge is -2.61. The third-order valence-corrected chi connectivity index (χ3v) is 9.97. The molecule has 0 aromatic heterocycles. The third kappa shape index (κ3) is 2.28. The van der Waals surface area contributed by atoms with Crippen LogP contribution in [0.4, 0.5) is 0 Å². The number of hydrogen-bond acceptors (Lipinski definition) is 3. The van der Waals surface area contributed by atoms with Crippen LogP contribution in [0.3, 0.4) is 0 Å². The summed E-state index contributed by atoms with van der Waals surface area (Å²) < 4.78 is 12.2. The zero-order valence-electron chi connectivity index (χ0n) is 16.9. The molecule has 5 rings (SSSR count). The Balaban J connectivity index is 1.40. The fourth-order valence-electron chi connectivity index (χ4n) is 8.62. The number of hydrogen-bond donors (Lipinski definition) is 0. The highest BCUT2D eigenvalue weighted by atomic mass is 16.7. The molecule has 146 valence electrons. The highest BCUT2D eigenvalue weighted by Gasteiger charge is 2.62. The Bertz CT molecular complexity index is 594. The molecule has 0 bridgehead atoms. The van der Waals surface area contributed by atoms with Crippen molar-refractivity contribution in [1.29, 1.82) is 0 Å². The van der Waals surface area contributed by atoms with Gasteiger partial charge in [-0.05, 0) is 86.4 Å². The van der Waals surface area contributed by atoms with Gasteiger partial charge in [-0.1, -0.05) is 13.8 Å². The maximum absolute atomic E-state index is 12.3. The first kappa shape index (κ1) is 17.7. The van der Waals surface area contributed by atoms with Gasteiger partial charge in [-0.15, -0.1) is 0 Å². The Hall–Kier alpha value is -0.410. The number of ketones is 1. The summed E-state index contributed by atoms with van der Waals surface area (Å²) in [6.07, 6.45) is 11.2. The highest BCUT2D eigenvalue weighted by Crippen LogP contribution is 2.68. The normalized spacial score (nSPS) is 52.3. The number of rotatable bonds is 1. The van der Waals surface area contributed by atoms with E-state index in [-0.39, 0.29) is 11.2 Å². The third-order valence-electron chi connectivity index (χ3n) is 9.97. The van der Waals surface area contributed by atoms with Gasteiger partial charge in [0.2, 0.25) is 0 Å². The second kappa shape index (κ2) is 5.80. The second-order valence-corrected chi connectivity index (χ2v) is 10.8. The minimum absolute atomic E-state index is 0.243. The molecule has 0 aromatic rings. The number of ether oxygens (including phenoxy) is 2. The van der Waals surface area contributed by atoms with Gasteiger partial charge in [0, 0.05) is 18.8 Å². The molecule has 4 aliphatic carbocycles. The van der Waals surface area contributed by atoms with Crippen molar-refractivity contribution in [2.45, 2.75) is 84.3 Å². The van der Waals surface area contributed by atoms with Crippen LogP contribution in [0.25, 0.3) is 0 Å². The Morgan fingerprint density at radius 2 is 1.58 bits per heavy atom. The zero-order valence-corrected chi connectivity index (χ0v) is 16.9. The fourth-order valence-corrected chi connectivity index (χ4v) is 8.62. The molecule has 1 spiro atoms. The van der Waals surface area contributed by atoms with E-state index in [0.29, 0.717) is 17.1 Å². The molecular formula is C23H36O3. The van der Waals surface area contributed by atoms with Crippen molar-refractivity contribution in [3.8, 4) is 0 Å². The predicted octanol–water partition coefficient (Wildman–Crippen LogP) is 4.98. The number of carbonyl (C=O) groups excluding carboxylic acids is 1. The SMILES string of the molecule is CC(=O)[C@H]1CC[C@H]2[C@@H]3CCC4CC5(CC[C@]4(C)[C@H]3CC[C@]12C)OCCO5. The van der Waals surface area contributed by atoms with E-state index in [1.807, 2.05) is 6.92 Å². The van der Waals surface area contributed by atoms with Crippen LogP contribution in [-0.4, -0.2) is 24.8 Å². The van der Waals surface area contributed by atoms with Crippen molar-refractivity contribution in [3.63, 3.8) is 0 Å². The lowest BCUT2D eigenvalue weighted by Crippen LogP contribution is -2.56. The first-order valence-corrected chi connectivity index (χ1v) is 11.2. The topological polar surface area (TPSA) is 35.5 Å². The largest absolute Gasteiger partial charge is 0.348 e. The van der Waals surface area contributed by atoms with Crippen molar-refractivity contribution >= 4 is 5.78 Å². The van der Waals surface area contributed by atoms with Gasteiger partial charge in [0.1, 0.15) is 5.78 Å². The van der Waals surface area contributed by atoms with Crippen molar-refractivity contribution in [2.75, 3.05) is 13.2 Å². The highest BCUT2D eigenvalue weighted by molar-refractivity contribution is 5.79. The Labute approximate surface area is 158 Å². The standard InChI is InChI=1S/C23H36O3/c1-15(24)18-6-7-19-17-5-4-16-14-23(25-12-13-26-23)11-10-21(16,2)20(17)8-9-22(18,19)3/h16-20H,4-14H2,1-3H3/t16?,17-,18+,19-,20-,21-,22+/m0/s1. The molecule has 1 heterocycles. The van der Waals surface area contributed by atoms with Crippen molar-refractivity contribution in [1.82, 2.24) is 0 Å². The summed E-state index contributed by atoms with van der Waals surface area (Å²) in [6, 6.07) is 0. The van der Waals surface area contributed by atoms with Crippen LogP contribution in [0.15, 0.2) is 0 Å². The van der Waals surface area contributed by atoms with Gasteiger partial charge in [0.15, 0.2) is 5.79 Å². The fraction of sp³-hybridized carbons (Fsp3) is 0.957. The quantitative estimate of drug-likeness (QED) is 0.662. The van der Waals surface area contributed by atoms with Crippen molar-refractivity contribution < 1.29 is 14.3 Å². The van der Waals surface area contributed by atoms with Crippen LogP contribution in [0.5, 0.6) is 0 Å². The summed E-state index contributed by atoms with van der Waals surface area (Å²) in [7, 11) is 0. The average Bonchev–Trinajstić information content (AvgIpc) is 3.20. The van der Waals surface area contributed by atoms with Gasteiger partial charge in [-0.3, -0.25) is 4.79 Å². The maximum Gasteiger partial charge on any atom is 0.168 e. The van der Waals surface area contributed by atoms with Gasteiger partial charge in [0.25, 0.3) is 0 Å². The molecule has 0 N–H and O–H groups in total. The monoisotopic (exact) mass is 360 g/mol. The van der Waals surface area contributed by atoms with Crippen LogP contribution in [-0.2, 0) is 14.3 Å². The number of fused-ring (bicyclic) bond motifs is 5. The van der Waals surface area contributed by atoms with Crippen molar-refractivity contribution in [2.24, 2.45) is 40.4 Å². The van der Waals surface area contributed by atoms with E-state index in [2.05, 4.69) is 13.8 Å². The molecular weight excluding hydrogens is 324 g/mol. The van der Waals surface area contributed by atoms with Gasteiger partial charge in [-0.2, -0.15) is 0 Å². The summed E-state index contributed by atoms with van der Waals surface area (Å²) in [4.78, 5) is 12.3. The first-order valence-electron chi connectivity index (χ1n) is 11.2. The van der Waals surface area contributed by atoms with Gasteiger partial charge >= 0.3 is 0 Å². The van der Waals surface area contributed by atoms with E-state index < -0.39 is 0 Å².